The zero-order valence-electron chi connectivity index (χ0n) is 45.7. The van der Waals surface area contributed by atoms with Crippen molar-refractivity contribution in [2.75, 3.05) is 13.2 Å². The smallest absolute Gasteiger partial charge is 0.306 e. The molecule has 0 N–H and O–H groups in total. The quantitative estimate of drug-likeness (QED) is 0.0262. The van der Waals surface area contributed by atoms with E-state index in [0.29, 0.717) is 12.8 Å². The van der Waals surface area contributed by atoms with Gasteiger partial charge in [0, 0.05) is 19.3 Å². The lowest BCUT2D eigenvalue weighted by Gasteiger charge is -2.18. The molecule has 71 heavy (non-hydrogen) atoms. The van der Waals surface area contributed by atoms with Crippen LogP contribution in [0.2, 0.25) is 0 Å². The highest BCUT2D eigenvalue weighted by atomic mass is 16.6. The van der Waals surface area contributed by atoms with Gasteiger partial charge in [0.1, 0.15) is 13.2 Å². The fourth-order valence-electron chi connectivity index (χ4n) is 7.37. The van der Waals surface area contributed by atoms with Crippen LogP contribution in [0.25, 0.3) is 0 Å². The van der Waals surface area contributed by atoms with Crippen molar-refractivity contribution in [2.24, 2.45) is 0 Å². The second-order valence-corrected chi connectivity index (χ2v) is 18.4. The molecule has 6 nitrogen and oxygen atoms in total. The molecule has 0 heterocycles. The van der Waals surface area contributed by atoms with Crippen LogP contribution in [0.1, 0.15) is 239 Å². The highest BCUT2D eigenvalue weighted by Crippen LogP contribution is 2.13. The molecular weight excluding hydrogens is 877 g/mol. The molecule has 0 radical (unpaired) electrons. The first-order valence-electron chi connectivity index (χ1n) is 28.7. The number of rotatable bonds is 50. The fourth-order valence-corrected chi connectivity index (χ4v) is 7.37. The maximum absolute atomic E-state index is 12.8. The van der Waals surface area contributed by atoms with Crippen molar-refractivity contribution < 1.29 is 28.6 Å². The lowest BCUT2D eigenvalue weighted by atomic mass is 10.1. The van der Waals surface area contributed by atoms with Gasteiger partial charge in [0.25, 0.3) is 0 Å². The minimum Gasteiger partial charge on any atom is -0.462 e. The van der Waals surface area contributed by atoms with Gasteiger partial charge in [-0.05, 0) is 135 Å². The SMILES string of the molecule is CC/C=C\C/C=C\C/C=C\C/C=C\C/C=C\C/C=C\C/C=C\CCCCCCCC(=O)OCC(COC(=O)CCCCCCC/C=C\CCCCCC)OC(=O)CCCCC/C=C\C/C=C\C/C=C\CC. The number of unbranched alkanes of at least 4 members (excludes halogenated alkanes) is 17. The molecule has 0 aliphatic heterocycles. The van der Waals surface area contributed by atoms with E-state index in [9.17, 15) is 14.4 Å². The molecule has 0 bridgehead atoms. The number of hydrogen-bond acceptors (Lipinski definition) is 6. The van der Waals surface area contributed by atoms with E-state index in [1.807, 2.05) is 0 Å². The summed E-state index contributed by atoms with van der Waals surface area (Å²) in [5, 5.41) is 0. The molecule has 0 aliphatic carbocycles. The minimum atomic E-state index is -0.809. The van der Waals surface area contributed by atoms with Crippen LogP contribution in [-0.4, -0.2) is 37.2 Å². The van der Waals surface area contributed by atoms with E-state index in [4.69, 9.17) is 14.2 Å². The number of hydrogen-bond donors (Lipinski definition) is 0. The van der Waals surface area contributed by atoms with Crippen molar-refractivity contribution in [3.05, 3.63) is 134 Å². The van der Waals surface area contributed by atoms with Crippen molar-refractivity contribution in [1.29, 1.82) is 0 Å². The van der Waals surface area contributed by atoms with Gasteiger partial charge in [-0.3, -0.25) is 14.4 Å². The van der Waals surface area contributed by atoms with E-state index in [1.54, 1.807) is 0 Å². The van der Waals surface area contributed by atoms with Gasteiger partial charge in [-0.15, -0.1) is 0 Å². The van der Waals surface area contributed by atoms with E-state index in [1.165, 1.54) is 38.5 Å². The van der Waals surface area contributed by atoms with E-state index in [-0.39, 0.29) is 37.5 Å². The monoisotopic (exact) mass is 981 g/mol. The highest BCUT2D eigenvalue weighted by molar-refractivity contribution is 5.71. The van der Waals surface area contributed by atoms with Crippen LogP contribution in [-0.2, 0) is 28.6 Å². The Labute approximate surface area is 436 Å². The Morgan fingerprint density at radius 1 is 0.296 bits per heavy atom. The minimum absolute atomic E-state index is 0.105. The third-order valence-electron chi connectivity index (χ3n) is 11.6. The van der Waals surface area contributed by atoms with Crippen molar-refractivity contribution in [3.63, 3.8) is 0 Å². The predicted octanol–water partition coefficient (Wildman–Crippen LogP) is 19.4. The number of esters is 3. The normalized spacial score (nSPS) is 13.1. The zero-order valence-corrected chi connectivity index (χ0v) is 45.7. The zero-order chi connectivity index (χ0) is 51.4. The summed E-state index contributed by atoms with van der Waals surface area (Å²) in [5.74, 6) is -0.968. The molecule has 0 amide bonds. The lowest BCUT2D eigenvalue weighted by molar-refractivity contribution is -0.167. The molecule has 0 rings (SSSR count). The van der Waals surface area contributed by atoms with Crippen molar-refractivity contribution in [2.45, 2.75) is 245 Å². The number of carbonyl (C=O) groups is 3. The van der Waals surface area contributed by atoms with Crippen LogP contribution in [0.15, 0.2) is 134 Å². The average molecular weight is 982 g/mol. The number of allylic oxidation sites excluding steroid dienone is 22. The van der Waals surface area contributed by atoms with E-state index < -0.39 is 6.10 Å². The number of carbonyl (C=O) groups excluding carboxylic acids is 3. The Morgan fingerprint density at radius 3 is 0.887 bits per heavy atom. The molecule has 0 aromatic rings. The molecular formula is C65H104O6. The highest BCUT2D eigenvalue weighted by Gasteiger charge is 2.19. The van der Waals surface area contributed by atoms with Gasteiger partial charge < -0.3 is 14.2 Å². The Hall–Kier alpha value is -4.45. The summed E-state index contributed by atoms with van der Waals surface area (Å²) < 4.78 is 16.8. The van der Waals surface area contributed by atoms with Gasteiger partial charge in [0.05, 0.1) is 0 Å². The Kier molecular flexibility index (Phi) is 54.5. The van der Waals surface area contributed by atoms with Crippen LogP contribution in [0, 0.1) is 0 Å². The third kappa shape index (κ3) is 56.3. The maximum atomic E-state index is 12.8. The van der Waals surface area contributed by atoms with Gasteiger partial charge in [-0.25, -0.2) is 0 Å². The van der Waals surface area contributed by atoms with Crippen molar-refractivity contribution in [1.82, 2.24) is 0 Å². The summed E-state index contributed by atoms with van der Waals surface area (Å²) in [6, 6.07) is 0. The van der Waals surface area contributed by atoms with Gasteiger partial charge in [0.2, 0.25) is 0 Å². The summed E-state index contributed by atoms with van der Waals surface area (Å²) in [4.78, 5) is 38.1. The topological polar surface area (TPSA) is 78.9 Å². The summed E-state index contributed by atoms with van der Waals surface area (Å²) in [5.41, 5.74) is 0. The van der Waals surface area contributed by atoms with Crippen molar-refractivity contribution in [3.8, 4) is 0 Å². The number of ether oxygens (including phenoxy) is 3. The lowest BCUT2D eigenvalue weighted by Crippen LogP contribution is -2.30. The standard InChI is InChI=1S/C65H104O6/c1-4-7-10-13-16-19-22-25-26-27-28-29-30-31-32-33-34-35-36-37-38-41-43-46-49-52-55-58-64(67)70-61-62(71-65(68)59-56-53-50-47-44-40-24-21-18-15-12-9-6-3)60-69-63(66)57-54-51-48-45-42-39-23-20-17-14-11-8-5-2/h7,9-10,12,16,18-21,23,25-26,28-29,31-32,34-35,37-38,40,44,62H,4-6,8,11,13-15,17,22,24,27,30,33,36,39,41-43,45-61H2,1-3H3/b10-7-,12-9-,19-16-,21-18-,23-20-,26-25-,29-28-,32-31-,35-34-,38-37-,44-40-. The Bertz CT molecular complexity index is 1550. The summed E-state index contributed by atoms with van der Waals surface area (Å²) in [6.45, 7) is 6.33. The summed E-state index contributed by atoms with van der Waals surface area (Å²) in [7, 11) is 0. The molecule has 0 spiro atoms. The molecule has 0 aliphatic rings. The van der Waals surface area contributed by atoms with Crippen LogP contribution in [0.4, 0.5) is 0 Å². The average Bonchev–Trinajstić information content (AvgIpc) is 3.37. The Morgan fingerprint density at radius 2 is 0.549 bits per heavy atom. The first-order chi connectivity index (χ1) is 35.0. The van der Waals surface area contributed by atoms with Gasteiger partial charge in [-0.1, -0.05) is 219 Å². The van der Waals surface area contributed by atoms with Crippen LogP contribution in [0.5, 0.6) is 0 Å². The van der Waals surface area contributed by atoms with Gasteiger partial charge >= 0.3 is 17.9 Å². The largest absolute Gasteiger partial charge is 0.462 e. The molecule has 0 saturated heterocycles. The third-order valence-corrected chi connectivity index (χ3v) is 11.6. The second kappa shape index (κ2) is 58.1. The van der Waals surface area contributed by atoms with Crippen molar-refractivity contribution >= 4 is 17.9 Å². The predicted molar refractivity (Wildman–Crippen MR) is 306 cm³/mol. The fraction of sp³-hybridized carbons (Fsp3) is 0.615. The molecule has 0 fully saturated rings. The molecule has 0 saturated carbocycles. The molecule has 1 unspecified atom stereocenters. The molecule has 400 valence electrons. The summed E-state index contributed by atoms with van der Waals surface area (Å²) >= 11 is 0. The van der Waals surface area contributed by atoms with Gasteiger partial charge in [-0.2, -0.15) is 0 Å². The Balaban J connectivity index is 4.39. The first-order valence-corrected chi connectivity index (χ1v) is 28.7. The molecule has 0 aromatic carbocycles. The second-order valence-electron chi connectivity index (χ2n) is 18.4. The van der Waals surface area contributed by atoms with Gasteiger partial charge in [0.15, 0.2) is 6.10 Å². The van der Waals surface area contributed by atoms with E-state index in [0.717, 1.165) is 161 Å². The first kappa shape index (κ1) is 66.6. The van der Waals surface area contributed by atoms with Crippen LogP contribution < -0.4 is 0 Å². The summed E-state index contributed by atoms with van der Waals surface area (Å²) in [6.07, 6.45) is 81.6. The molecule has 0 aromatic heterocycles. The van der Waals surface area contributed by atoms with Crippen LogP contribution >= 0.6 is 0 Å². The maximum Gasteiger partial charge on any atom is 0.306 e. The molecule has 6 heteroatoms. The van der Waals surface area contributed by atoms with E-state index in [2.05, 4.69) is 154 Å². The van der Waals surface area contributed by atoms with Crippen LogP contribution in [0.3, 0.4) is 0 Å². The van der Waals surface area contributed by atoms with E-state index >= 15 is 0 Å². The molecule has 1 atom stereocenters.